The van der Waals surface area contributed by atoms with Gasteiger partial charge in [0.15, 0.2) is 5.03 Å². The summed E-state index contributed by atoms with van der Waals surface area (Å²) in [7, 11) is -3.60. The van der Waals surface area contributed by atoms with E-state index in [0.717, 1.165) is 18.4 Å². The van der Waals surface area contributed by atoms with Crippen molar-refractivity contribution < 1.29 is 8.42 Å². The lowest BCUT2D eigenvalue weighted by Gasteiger charge is -2.20. The number of hydrogen-bond acceptors (Lipinski definition) is 3. The minimum Gasteiger partial charge on any atom is -0.266 e. The Labute approximate surface area is 129 Å². The van der Waals surface area contributed by atoms with E-state index in [0.29, 0.717) is 18.7 Å². The van der Waals surface area contributed by atoms with Crippen LogP contribution in [0.25, 0.3) is 0 Å². The first-order chi connectivity index (χ1) is 10.1. The fraction of sp³-hybridized carbons (Fsp3) is 0.357. The Bertz CT molecular complexity index is 742. The molecule has 0 saturated carbocycles. The maximum atomic E-state index is 12.8. The van der Waals surface area contributed by atoms with Crippen LogP contribution in [0.1, 0.15) is 23.1 Å². The van der Waals surface area contributed by atoms with E-state index in [9.17, 15) is 8.42 Å². The summed E-state index contributed by atoms with van der Waals surface area (Å²) in [5.74, 6) is 0.121. The van der Waals surface area contributed by atoms with E-state index in [1.807, 2.05) is 18.2 Å². The average molecular weight is 326 g/mol. The molecule has 7 heteroatoms. The lowest BCUT2D eigenvalue weighted by atomic mass is 10.0. The fourth-order valence-electron chi connectivity index (χ4n) is 2.62. The van der Waals surface area contributed by atoms with Gasteiger partial charge < -0.3 is 0 Å². The van der Waals surface area contributed by atoms with Crippen LogP contribution in [-0.2, 0) is 28.9 Å². The minimum absolute atomic E-state index is 0.108. The number of H-pyrrole nitrogens is 1. The number of fused-ring (bicyclic) bond motifs is 1. The van der Waals surface area contributed by atoms with E-state index in [-0.39, 0.29) is 10.9 Å². The lowest BCUT2D eigenvalue weighted by Crippen LogP contribution is -2.31. The summed E-state index contributed by atoms with van der Waals surface area (Å²) in [5.41, 5.74) is 2.79. The van der Waals surface area contributed by atoms with Crippen LogP contribution in [0.4, 0.5) is 0 Å². The van der Waals surface area contributed by atoms with Crippen molar-refractivity contribution in [2.75, 3.05) is 6.54 Å². The van der Waals surface area contributed by atoms with Gasteiger partial charge in [-0.2, -0.15) is 9.40 Å². The number of nitrogens with one attached hydrogen (secondary N) is 1. The second kappa shape index (κ2) is 5.79. The van der Waals surface area contributed by atoms with Gasteiger partial charge in [0.2, 0.25) is 0 Å². The van der Waals surface area contributed by atoms with Gasteiger partial charge in [0, 0.05) is 18.7 Å². The van der Waals surface area contributed by atoms with Gasteiger partial charge in [0.25, 0.3) is 10.0 Å². The summed E-state index contributed by atoms with van der Waals surface area (Å²) in [4.78, 5) is 0. The number of sulfonamides is 1. The Morgan fingerprint density at radius 1 is 1.29 bits per heavy atom. The Morgan fingerprint density at radius 3 is 2.81 bits per heavy atom. The summed E-state index contributed by atoms with van der Waals surface area (Å²) < 4.78 is 27.1. The second-order valence-electron chi connectivity index (χ2n) is 5.07. The summed E-state index contributed by atoms with van der Waals surface area (Å²) in [5, 5.41) is 6.49. The molecule has 5 nitrogen and oxygen atoms in total. The van der Waals surface area contributed by atoms with E-state index in [2.05, 4.69) is 16.3 Å². The van der Waals surface area contributed by atoms with E-state index >= 15 is 0 Å². The minimum atomic E-state index is -3.60. The lowest BCUT2D eigenvalue weighted by molar-refractivity contribution is 0.407. The molecular formula is C14H16ClN3O2S. The van der Waals surface area contributed by atoms with Gasteiger partial charge >= 0.3 is 0 Å². The number of aromatic nitrogens is 2. The molecule has 21 heavy (non-hydrogen) atoms. The zero-order valence-electron chi connectivity index (χ0n) is 11.4. The maximum absolute atomic E-state index is 12.8. The third-order valence-electron chi connectivity index (χ3n) is 3.74. The molecule has 0 bridgehead atoms. The predicted molar refractivity (Wildman–Crippen MR) is 80.5 cm³/mol. The second-order valence-corrected chi connectivity index (χ2v) is 7.21. The molecule has 2 aromatic rings. The molecule has 0 fully saturated rings. The molecule has 0 radical (unpaired) electrons. The highest BCUT2D eigenvalue weighted by atomic mass is 35.5. The first kappa shape index (κ1) is 14.6. The van der Waals surface area contributed by atoms with Crippen molar-refractivity contribution in [2.24, 2.45) is 0 Å². The van der Waals surface area contributed by atoms with Crippen LogP contribution in [-0.4, -0.2) is 29.5 Å². The number of alkyl halides is 1. The van der Waals surface area contributed by atoms with Crippen LogP contribution < -0.4 is 0 Å². The molecule has 0 atom stereocenters. The topological polar surface area (TPSA) is 66.1 Å². The standard InChI is InChI=1S/C14H16ClN3O2S/c15-8-13-9-16-17-14(13)21(19,20)18-7-3-6-11-4-1-2-5-12(11)10-18/h1-2,4-5,9H,3,6-8,10H2,(H,16,17). The molecule has 112 valence electrons. The highest BCUT2D eigenvalue weighted by molar-refractivity contribution is 7.89. The molecule has 0 amide bonds. The molecule has 1 aliphatic heterocycles. The van der Waals surface area contributed by atoms with Gasteiger partial charge in [-0.05, 0) is 24.0 Å². The molecule has 1 aromatic carbocycles. The van der Waals surface area contributed by atoms with Crippen molar-refractivity contribution in [2.45, 2.75) is 30.3 Å². The van der Waals surface area contributed by atoms with Crippen molar-refractivity contribution in [3.8, 4) is 0 Å². The summed E-state index contributed by atoms with van der Waals surface area (Å²) in [6.45, 7) is 0.886. The van der Waals surface area contributed by atoms with Gasteiger partial charge in [-0.1, -0.05) is 24.3 Å². The van der Waals surface area contributed by atoms with Gasteiger partial charge in [-0.25, -0.2) is 8.42 Å². The normalized spacial score (nSPS) is 16.4. The van der Waals surface area contributed by atoms with Gasteiger partial charge in [-0.3, -0.25) is 5.10 Å². The van der Waals surface area contributed by atoms with Crippen LogP contribution in [0.15, 0.2) is 35.5 Å². The molecule has 0 unspecified atom stereocenters. The first-order valence-corrected chi connectivity index (χ1v) is 8.75. The molecule has 0 saturated heterocycles. The summed E-state index contributed by atoms with van der Waals surface area (Å²) in [6.07, 6.45) is 3.17. The molecule has 1 N–H and O–H groups in total. The van der Waals surface area contributed by atoms with Crippen molar-refractivity contribution >= 4 is 21.6 Å². The predicted octanol–water partition coefficient (Wildman–Crippen LogP) is 2.29. The first-order valence-electron chi connectivity index (χ1n) is 6.78. The van der Waals surface area contributed by atoms with Crippen LogP contribution in [0.5, 0.6) is 0 Å². The fourth-order valence-corrected chi connectivity index (χ4v) is 4.47. The zero-order valence-corrected chi connectivity index (χ0v) is 13.0. The maximum Gasteiger partial charge on any atom is 0.260 e. The van der Waals surface area contributed by atoms with Crippen molar-refractivity contribution in [3.05, 3.63) is 47.2 Å². The molecule has 3 rings (SSSR count). The molecule has 2 heterocycles. The van der Waals surface area contributed by atoms with Crippen LogP contribution in [0.2, 0.25) is 0 Å². The highest BCUT2D eigenvalue weighted by Crippen LogP contribution is 2.25. The number of hydrogen-bond donors (Lipinski definition) is 1. The number of nitrogens with zero attached hydrogens (tertiary/aromatic N) is 2. The van der Waals surface area contributed by atoms with Gasteiger partial charge in [0.1, 0.15) is 0 Å². The van der Waals surface area contributed by atoms with Crippen LogP contribution in [0, 0.1) is 0 Å². The van der Waals surface area contributed by atoms with Gasteiger partial charge in [0.05, 0.1) is 12.1 Å². The quantitative estimate of drug-likeness (QED) is 0.880. The van der Waals surface area contributed by atoms with Gasteiger partial charge in [-0.15, -0.1) is 11.6 Å². The summed E-state index contributed by atoms with van der Waals surface area (Å²) >= 11 is 5.79. The molecule has 1 aromatic heterocycles. The van der Waals surface area contributed by atoms with E-state index < -0.39 is 10.0 Å². The third-order valence-corrected chi connectivity index (χ3v) is 5.89. The smallest absolute Gasteiger partial charge is 0.260 e. The van der Waals surface area contributed by atoms with E-state index in [1.165, 1.54) is 16.1 Å². The molecule has 0 aliphatic carbocycles. The Kier molecular flexibility index (Phi) is 4.01. The van der Waals surface area contributed by atoms with Crippen molar-refractivity contribution in [1.29, 1.82) is 0 Å². The van der Waals surface area contributed by atoms with E-state index in [4.69, 9.17) is 11.6 Å². The molecular weight excluding hydrogens is 310 g/mol. The Hall–Kier alpha value is -1.37. The monoisotopic (exact) mass is 325 g/mol. The largest absolute Gasteiger partial charge is 0.266 e. The van der Waals surface area contributed by atoms with Crippen molar-refractivity contribution in [3.63, 3.8) is 0 Å². The SMILES string of the molecule is O=S(=O)(c1[nH]ncc1CCl)N1CCCc2ccccc2C1. The zero-order chi connectivity index (χ0) is 14.9. The van der Waals surface area contributed by atoms with Crippen molar-refractivity contribution in [1.82, 2.24) is 14.5 Å². The summed E-state index contributed by atoms with van der Waals surface area (Å²) in [6, 6.07) is 7.98. The van der Waals surface area contributed by atoms with Crippen LogP contribution in [0.3, 0.4) is 0 Å². The molecule has 1 aliphatic rings. The number of aryl methyl sites for hydroxylation is 1. The number of benzene rings is 1. The average Bonchev–Trinajstić information content (AvgIpc) is 2.86. The van der Waals surface area contributed by atoms with Crippen LogP contribution >= 0.6 is 11.6 Å². The van der Waals surface area contributed by atoms with E-state index in [1.54, 1.807) is 0 Å². The number of aromatic amines is 1. The number of halogens is 1. The third kappa shape index (κ3) is 2.71. The Balaban J connectivity index is 1.97. The number of rotatable bonds is 3. The molecule has 0 spiro atoms. The Morgan fingerprint density at radius 2 is 2.05 bits per heavy atom. The highest BCUT2D eigenvalue weighted by Gasteiger charge is 2.30.